The molecule has 0 saturated heterocycles. The molecule has 0 heterocycles. The Morgan fingerprint density at radius 3 is 2.80 bits per heavy atom. The molecule has 5 nitrogen and oxygen atoms in total. The van der Waals surface area contributed by atoms with Crippen molar-refractivity contribution in [2.45, 2.75) is 0 Å². The zero-order chi connectivity index (χ0) is 7.98. The number of nitrogens with zero attached hydrogens (tertiary/aromatic N) is 2. The third-order valence-electron chi connectivity index (χ3n) is 0.778. The SMILES string of the molecule is CN(COCCCl)[N+](=O)[O-]. The van der Waals surface area contributed by atoms with Crippen LogP contribution in [0, 0.1) is 10.1 Å². The molecule has 0 aromatic heterocycles. The number of nitro groups is 1. The molecular weight excluding hydrogens is 160 g/mol. The number of ether oxygens (including phenoxy) is 1. The van der Waals surface area contributed by atoms with Gasteiger partial charge >= 0.3 is 0 Å². The summed E-state index contributed by atoms with van der Waals surface area (Å²) in [5.74, 6) is 0.353. The van der Waals surface area contributed by atoms with Gasteiger partial charge in [0, 0.05) is 5.88 Å². The van der Waals surface area contributed by atoms with E-state index in [1.165, 1.54) is 7.05 Å². The van der Waals surface area contributed by atoms with E-state index in [2.05, 4.69) is 0 Å². The molecule has 10 heavy (non-hydrogen) atoms. The van der Waals surface area contributed by atoms with E-state index in [0.29, 0.717) is 12.5 Å². The summed E-state index contributed by atoms with van der Waals surface area (Å²) in [5.41, 5.74) is 0. The fourth-order valence-electron chi connectivity index (χ4n) is 0.298. The third kappa shape index (κ3) is 4.34. The minimum atomic E-state index is -0.547. The molecule has 0 spiro atoms. The fraction of sp³-hybridized carbons (Fsp3) is 1.00. The molecule has 0 aromatic carbocycles. The number of rotatable bonds is 5. The summed E-state index contributed by atoms with van der Waals surface area (Å²) in [6.45, 7) is 0.305. The number of hydrogen-bond donors (Lipinski definition) is 0. The van der Waals surface area contributed by atoms with Gasteiger partial charge < -0.3 is 4.74 Å². The average Bonchev–Trinajstić information content (AvgIpc) is 1.88. The van der Waals surface area contributed by atoms with Crippen LogP contribution in [0.15, 0.2) is 0 Å². The van der Waals surface area contributed by atoms with Gasteiger partial charge in [-0.3, -0.25) is 0 Å². The van der Waals surface area contributed by atoms with E-state index in [4.69, 9.17) is 16.3 Å². The molecule has 0 aliphatic heterocycles. The van der Waals surface area contributed by atoms with Crippen LogP contribution in [0.4, 0.5) is 0 Å². The summed E-state index contributed by atoms with van der Waals surface area (Å²) in [4.78, 5) is 9.91. The van der Waals surface area contributed by atoms with Crippen LogP contribution in [0.1, 0.15) is 0 Å². The molecule has 0 amide bonds. The first kappa shape index (κ1) is 9.45. The first-order valence-electron chi connectivity index (χ1n) is 2.67. The standard InChI is InChI=1S/C4H9ClN2O3/c1-6(7(8)9)4-10-3-2-5/h2-4H2,1H3. The highest BCUT2D eigenvalue weighted by molar-refractivity contribution is 6.17. The average molecular weight is 169 g/mol. The minimum absolute atomic E-state index is 0.0281. The highest BCUT2D eigenvalue weighted by Gasteiger charge is 2.04. The zero-order valence-corrected chi connectivity index (χ0v) is 6.37. The quantitative estimate of drug-likeness (QED) is 0.195. The van der Waals surface area contributed by atoms with Gasteiger partial charge in [-0.05, 0) is 0 Å². The lowest BCUT2D eigenvalue weighted by atomic mass is 10.8. The number of hydrazine groups is 1. The summed E-state index contributed by atoms with van der Waals surface area (Å²) in [7, 11) is 1.33. The Morgan fingerprint density at radius 1 is 1.80 bits per heavy atom. The van der Waals surface area contributed by atoms with Gasteiger partial charge in [0.2, 0.25) is 0 Å². The van der Waals surface area contributed by atoms with Gasteiger partial charge in [0.25, 0.3) is 0 Å². The summed E-state index contributed by atoms with van der Waals surface area (Å²) >= 11 is 5.25. The molecule has 0 bridgehead atoms. The van der Waals surface area contributed by atoms with Gasteiger partial charge in [-0.15, -0.1) is 16.6 Å². The first-order valence-corrected chi connectivity index (χ1v) is 3.21. The van der Waals surface area contributed by atoms with Crippen LogP contribution in [-0.2, 0) is 4.74 Å². The van der Waals surface area contributed by atoms with Crippen LogP contribution in [-0.4, -0.2) is 36.3 Å². The van der Waals surface area contributed by atoms with Crippen molar-refractivity contribution in [2.75, 3.05) is 26.3 Å². The van der Waals surface area contributed by atoms with E-state index in [1.54, 1.807) is 0 Å². The largest absolute Gasteiger partial charge is 0.354 e. The lowest BCUT2D eigenvalue weighted by Crippen LogP contribution is -2.28. The molecule has 0 aromatic rings. The van der Waals surface area contributed by atoms with Crippen molar-refractivity contribution in [3.05, 3.63) is 10.1 Å². The second kappa shape index (κ2) is 5.25. The van der Waals surface area contributed by atoms with E-state index in [9.17, 15) is 10.1 Å². The van der Waals surface area contributed by atoms with Gasteiger partial charge in [0.05, 0.1) is 13.7 Å². The Balaban J connectivity index is 3.21. The van der Waals surface area contributed by atoms with Crippen LogP contribution in [0.25, 0.3) is 0 Å². The summed E-state index contributed by atoms with van der Waals surface area (Å²) in [6.07, 6.45) is 0. The van der Waals surface area contributed by atoms with E-state index < -0.39 is 5.03 Å². The molecule has 6 heteroatoms. The van der Waals surface area contributed by atoms with Crippen LogP contribution in [0.5, 0.6) is 0 Å². The monoisotopic (exact) mass is 168 g/mol. The summed E-state index contributed by atoms with van der Waals surface area (Å²) < 4.78 is 4.76. The van der Waals surface area contributed by atoms with Crippen molar-refractivity contribution in [3.63, 3.8) is 0 Å². The lowest BCUT2D eigenvalue weighted by Gasteiger charge is -2.06. The van der Waals surface area contributed by atoms with E-state index in [0.717, 1.165) is 5.01 Å². The maximum Gasteiger partial charge on any atom is 0.176 e. The summed E-state index contributed by atoms with van der Waals surface area (Å²) in [5, 5.41) is 10.2. The van der Waals surface area contributed by atoms with E-state index >= 15 is 0 Å². The summed E-state index contributed by atoms with van der Waals surface area (Å²) in [6, 6.07) is 0. The van der Waals surface area contributed by atoms with Crippen LogP contribution in [0.2, 0.25) is 0 Å². The first-order chi connectivity index (χ1) is 4.68. The second-order valence-corrected chi connectivity index (χ2v) is 2.00. The molecule has 0 atom stereocenters. The van der Waals surface area contributed by atoms with Gasteiger partial charge in [0.15, 0.2) is 11.8 Å². The van der Waals surface area contributed by atoms with Crippen molar-refractivity contribution in [3.8, 4) is 0 Å². The zero-order valence-electron chi connectivity index (χ0n) is 5.62. The predicted molar refractivity (Wildman–Crippen MR) is 36.3 cm³/mol. The minimum Gasteiger partial charge on any atom is -0.354 e. The number of halogens is 1. The van der Waals surface area contributed by atoms with Crippen LogP contribution < -0.4 is 0 Å². The maximum absolute atomic E-state index is 9.91. The molecule has 0 aliphatic carbocycles. The van der Waals surface area contributed by atoms with Crippen molar-refractivity contribution < 1.29 is 9.77 Å². The Hall–Kier alpha value is -0.550. The number of alkyl halides is 1. The highest BCUT2D eigenvalue weighted by atomic mass is 35.5. The molecule has 0 unspecified atom stereocenters. The topological polar surface area (TPSA) is 55.6 Å². The third-order valence-corrected chi connectivity index (χ3v) is 0.933. The maximum atomic E-state index is 9.91. The molecule has 0 fully saturated rings. The fourth-order valence-corrected chi connectivity index (χ4v) is 0.407. The van der Waals surface area contributed by atoms with Gasteiger partial charge in [-0.25, -0.2) is 10.1 Å². The van der Waals surface area contributed by atoms with Crippen molar-refractivity contribution >= 4 is 11.6 Å². The van der Waals surface area contributed by atoms with E-state index in [-0.39, 0.29) is 6.73 Å². The van der Waals surface area contributed by atoms with E-state index in [1.807, 2.05) is 0 Å². The smallest absolute Gasteiger partial charge is 0.176 e. The van der Waals surface area contributed by atoms with Crippen LogP contribution >= 0.6 is 11.6 Å². The van der Waals surface area contributed by atoms with Crippen molar-refractivity contribution in [1.29, 1.82) is 0 Å². The molecule has 0 aliphatic rings. The van der Waals surface area contributed by atoms with Crippen LogP contribution in [0.3, 0.4) is 0 Å². The Kier molecular flexibility index (Phi) is 4.96. The van der Waals surface area contributed by atoms with Crippen molar-refractivity contribution in [1.82, 2.24) is 5.01 Å². The number of hydrogen-bond acceptors (Lipinski definition) is 3. The molecule has 0 saturated carbocycles. The Bertz CT molecular complexity index is 111. The molecule has 0 radical (unpaired) electrons. The Morgan fingerprint density at radius 2 is 2.40 bits per heavy atom. The normalized spacial score (nSPS) is 9.40. The lowest BCUT2D eigenvalue weighted by molar-refractivity contribution is -0.657. The van der Waals surface area contributed by atoms with Gasteiger partial charge in [-0.2, -0.15) is 0 Å². The molecular formula is C4H9ClN2O3. The predicted octanol–water partition coefficient (Wildman–Crippen LogP) is 0.323. The molecule has 0 N–H and O–H groups in total. The van der Waals surface area contributed by atoms with Gasteiger partial charge in [0.1, 0.15) is 0 Å². The molecule has 0 rings (SSSR count). The Labute approximate surface area is 63.6 Å². The van der Waals surface area contributed by atoms with Crippen molar-refractivity contribution in [2.24, 2.45) is 0 Å². The molecule has 60 valence electrons. The van der Waals surface area contributed by atoms with Gasteiger partial charge in [-0.1, -0.05) is 0 Å². The second-order valence-electron chi connectivity index (χ2n) is 1.62. The highest BCUT2D eigenvalue weighted by Crippen LogP contribution is 1.84.